The number of nitrogens with zero attached hydrogens (tertiary/aromatic N) is 2. The first kappa shape index (κ1) is 21.0. The molecule has 0 bridgehead atoms. The largest absolute Gasteiger partial charge is 0.378 e. The minimum Gasteiger partial charge on any atom is -0.378 e. The van der Waals surface area contributed by atoms with Crippen LogP contribution in [0.3, 0.4) is 0 Å². The average Bonchev–Trinajstić information content (AvgIpc) is 2.74. The van der Waals surface area contributed by atoms with Gasteiger partial charge in [0.15, 0.2) is 5.78 Å². The zero-order valence-corrected chi connectivity index (χ0v) is 17.4. The lowest BCUT2D eigenvalue weighted by Gasteiger charge is -2.32. The van der Waals surface area contributed by atoms with E-state index in [0.29, 0.717) is 17.8 Å². The van der Waals surface area contributed by atoms with Crippen LogP contribution in [0.4, 0.5) is 11.4 Å². The summed E-state index contributed by atoms with van der Waals surface area (Å²) in [6, 6.07) is 15.1. The van der Waals surface area contributed by atoms with E-state index in [2.05, 4.69) is 33.3 Å². The highest BCUT2D eigenvalue weighted by atomic mass is 16.5. The Balaban J connectivity index is 1.68. The van der Waals surface area contributed by atoms with Crippen LogP contribution in [0.1, 0.15) is 29.8 Å². The van der Waals surface area contributed by atoms with E-state index in [4.69, 9.17) is 4.74 Å². The molecular weight excluding hydrogens is 366 g/mol. The van der Waals surface area contributed by atoms with E-state index < -0.39 is 0 Å². The van der Waals surface area contributed by atoms with Crippen LogP contribution < -0.4 is 10.2 Å². The Morgan fingerprint density at radius 1 is 1.10 bits per heavy atom. The Labute approximate surface area is 172 Å². The van der Waals surface area contributed by atoms with Gasteiger partial charge in [-0.15, -0.1) is 0 Å². The van der Waals surface area contributed by atoms with E-state index in [0.717, 1.165) is 26.3 Å². The van der Waals surface area contributed by atoms with Gasteiger partial charge in [-0.3, -0.25) is 14.5 Å². The normalized spacial score (nSPS) is 15.2. The number of hydrogen-bond donors (Lipinski definition) is 1. The molecule has 1 atom stereocenters. The van der Waals surface area contributed by atoms with E-state index >= 15 is 0 Å². The predicted molar refractivity (Wildman–Crippen MR) is 115 cm³/mol. The number of amides is 1. The van der Waals surface area contributed by atoms with Crippen molar-refractivity contribution >= 4 is 23.1 Å². The highest BCUT2D eigenvalue weighted by Crippen LogP contribution is 2.24. The Hall–Kier alpha value is -2.70. The van der Waals surface area contributed by atoms with Crippen LogP contribution in [-0.2, 0) is 16.1 Å². The van der Waals surface area contributed by atoms with Crippen LogP contribution in [0.2, 0.25) is 0 Å². The van der Waals surface area contributed by atoms with Crippen molar-refractivity contribution in [2.45, 2.75) is 26.4 Å². The number of carbonyl (C=O) groups is 2. The van der Waals surface area contributed by atoms with Crippen LogP contribution in [0, 0.1) is 0 Å². The summed E-state index contributed by atoms with van der Waals surface area (Å²) in [5, 5.41) is 2.72. The van der Waals surface area contributed by atoms with Gasteiger partial charge in [0.1, 0.15) is 0 Å². The van der Waals surface area contributed by atoms with Gasteiger partial charge < -0.3 is 15.0 Å². The molecule has 0 unspecified atom stereocenters. The maximum atomic E-state index is 12.9. The van der Waals surface area contributed by atoms with Crippen molar-refractivity contribution in [2.24, 2.45) is 0 Å². The lowest BCUT2D eigenvalue weighted by molar-refractivity contribution is -0.114. The molecule has 29 heavy (non-hydrogen) atoms. The number of ether oxygens (including phenoxy) is 1. The fourth-order valence-corrected chi connectivity index (χ4v) is 3.53. The summed E-state index contributed by atoms with van der Waals surface area (Å²) in [5.41, 5.74) is 3.74. The smallest absolute Gasteiger partial charge is 0.221 e. The first-order chi connectivity index (χ1) is 14.0. The van der Waals surface area contributed by atoms with Crippen molar-refractivity contribution in [1.29, 1.82) is 0 Å². The van der Waals surface area contributed by atoms with Gasteiger partial charge in [-0.1, -0.05) is 18.2 Å². The average molecular weight is 396 g/mol. The van der Waals surface area contributed by atoms with Crippen LogP contribution >= 0.6 is 0 Å². The summed E-state index contributed by atoms with van der Waals surface area (Å²) in [6.45, 7) is 7.34. The minimum absolute atomic E-state index is 0.0609. The summed E-state index contributed by atoms with van der Waals surface area (Å²) >= 11 is 0. The van der Waals surface area contributed by atoms with Crippen molar-refractivity contribution in [3.63, 3.8) is 0 Å². The molecule has 6 nitrogen and oxygen atoms in total. The maximum Gasteiger partial charge on any atom is 0.221 e. The van der Waals surface area contributed by atoms with E-state index in [-0.39, 0.29) is 17.7 Å². The number of benzene rings is 2. The minimum atomic E-state index is -0.264. The fourth-order valence-electron chi connectivity index (χ4n) is 3.53. The van der Waals surface area contributed by atoms with Gasteiger partial charge in [-0.2, -0.15) is 0 Å². The van der Waals surface area contributed by atoms with Gasteiger partial charge in [-0.25, -0.2) is 0 Å². The molecule has 0 aromatic heterocycles. The fraction of sp³-hybridized carbons (Fsp3) is 0.391. The Morgan fingerprint density at radius 3 is 2.41 bits per heavy atom. The van der Waals surface area contributed by atoms with Crippen LogP contribution in [0.5, 0.6) is 0 Å². The van der Waals surface area contributed by atoms with Gasteiger partial charge in [0.05, 0.1) is 19.3 Å². The number of ketones is 1. The molecule has 0 radical (unpaired) electrons. The monoisotopic (exact) mass is 395 g/mol. The number of nitrogens with one attached hydrogen (secondary N) is 1. The second kappa shape index (κ2) is 9.67. The van der Waals surface area contributed by atoms with E-state index in [9.17, 15) is 9.59 Å². The van der Waals surface area contributed by atoms with Gasteiger partial charge in [0.25, 0.3) is 0 Å². The van der Waals surface area contributed by atoms with Crippen LogP contribution in [0.15, 0.2) is 48.5 Å². The number of anilines is 2. The number of carbonyl (C=O) groups excluding carboxylic acids is 2. The van der Waals surface area contributed by atoms with E-state index in [1.807, 2.05) is 20.0 Å². The summed E-state index contributed by atoms with van der Waals surface area (Å²) in [6.07, 6.45) is 0. The van der Waals surface area contributed by atoms with Gasteiger partial charge in [0.2, 0.25) is 5.91 Å². The second-order valence-electron chi connectivity index (χ2n) is 7.44. The SMILES string of the molecule is CC(=O)Nc1ccc(C(=O)[C@H](C)N(C)Cc2ccccc2N2CCOCC2)cc1. The maximum absolute atomic E-state index is 12.9. The van der Waals surface area contributed by atoms with Crippen molar-refractivity contribution in [3.05, 3.63) is 59.7 Å². The molecule has 154 valence electrons. The molecule has 1 N–H and O–H groups in total. The first-order valence-electron chi connectivity index (χ1n) is 9.98. The van der Waals surface area contributed by atoms with Crippen LogP contribution in [-0.4, -0.2) is 56.0 Å². The first-order valence-corrected chi connectivity index (χ1v) is 9.98. The number of likely N-dealkylation sites (N-methyl/N-ethyl adjacent to an activating group) is 1. The standard InChI is InChI=1S/C23H29N3O3/c1-17(23(28)19-8-10-21(11-9-19)24-18(2)27)25(3)16-20-6-4-5-7-22(20)26-12-14-29-15-13-26/h4-11,17H,12-16H2,1-3H3,(H,24,27)/t17-/m0/s1. The quantitative estimate of drug-likeness (QED) is 0.730. The summed E-state index contributed by atoms with van der Waals surface area (Å²) < 4.78 is 5.47. The Kier molecular flexibility index (Phi) is 7.01. The molecule has 1 saturated heterocycles. The number of rotatable bonds is 7. The molecule has 0 spiro atoms. The molecule has 6 heteroatoms. The van der Waals surface area contributed by atoms with Crippen molar-refractivity contribution < 1.29 is 14.3 Å². The molecule has 3 rings (SSSR count). The summed E-state index contributed by atoms with van der Waals surface area (Å²) in [4.78, 5) is 28.5. The zero-order chi connectivity index (χ0) is 20.8. The molecule has 2 aromatic carbocycles. The second-order valence-corrected chi connectivity index (χ2v) is 7.44. The van der Waals surface area contributed by atoms with Gasteiger partial charge in [0, 0.05) is 43.5 Å². The third-order valence-electron chi connectivity index (χ3n) is 5.29. The molecule has 0 saturated carbocycles. The zero-order valence-electron chi connectivity index (χ0n) is 17.4. The lowest BCUT2D eigenvalue weighted by atomic mass is 10.0. The third-order valence-corrected chi connectivity index (χ3v) is 5.29. The van der Waals surface area contributed by atoms with Crippen molar-refractivity contribution in [2.75, 3.05) is 43.6 Å². The number of Topliss-reactive ketones (excluding diaryl/α,β-unsaturated/α-hetero) is 1. The van der Waals surface area contributed by atoms with Crippen molar-refractivity contribution in [3.8, 4) is 0 Å². The topological polar surface area (TPSA) is 61.9 Å². The summed E-state index contributed by atoms with van der Waals surface area (Å²) in [7, 11) is 1.98. The van der Waals surface area contributed by atoms with Gasteiger partial charge in [-0.05, 0) is 49.9 Å². The molecule has 1 aliphatic heterocycles. The van der Waals surface area contributed by atoms with E-state index in [1.54, 1.807) is 24.3 Å². The predicted octanol–water partition coefficient (Wildman–Crippen LogP) is 3.18. The Bertz CT molecular complexity index is 845. The molecule has 1 aliphatic rings. The molecule has 1 fully saturated rings. The van der Waals surface area contributed by atoms with Crippen molar-refractivity contribution in [1.82, 2.24) is 4.90 Å². The summed E-state index contributed by atoms with van der Waals surface area (Å²) in [5.74, 6) is -0.0677. The molecule has 1 heterocycles. The number of para-hydroxylation sites is 1. The molecule has 0 aliphatic carbocycles. The number of morpholine rings is 1. The van der Waals surface area contributed by atoms with Gasteiger partial charge >= 0.3 is 0 Å². The third kappa shape index (κ3) is 5.43. The number of hydrogen-bond acceptors (Lipinski definition) is 5. The van der Waals surface area contributed by atoms with Crippen LogP contribution in [0.25, 0.3) is 0 Å². The van der Waals surface area contributed by atoms with E-state index in [1.165, 1.54) is 18.2 Å². The lowest BCUT2D eigenvalue weighted by Crippen LogP contribution is -2.38. The molecule has 2 aromatic rings. The highest BCUT2D eigenvalue weighted by molar-refractivity contribution is 6.00. The Morgan fingerprint density at radius 2 is 1.76 bits per heavy atom. The molecule has 1 amide bonds. The molecular formula is C23H29N3O3. The highest BCUT2D eigenvalue weighted by Gasteiger charge is 2.22.